The molecule has 0 bridgehead atoms. The summed E-state index contributed by atoms with van der Waals surface area (Å²) < 4.78 is 0. The molecule has 16 heavy (non-hydrogen) atoms. The van der Waals surface area contributed by atoms with Gasteiger partial charge in [0.2, 0.25) is 5.91 Å². The molecular formula is C12H13NO3. The molecule has 1 aromatic rings. The minimum atomic E-state index is -0.839. The van der Waals surface area contributed by atoms with Crippen molar-refractivity contribution >= 4 is 18.0 Å². The topological polar surface area (TPSA) is 80.4 Å². The maximum atomic E-state index is 10.6. The second-order valence-corrected chi connectivity index (χ2v) is 3.33. The fourth-order valence-electron chi connectivity index (χ4n) is 1.34. The maximum Gasteiger partial charge on any atom is 0.303 e. The van der Waals surface area contributed by atoms with Crippen LogP contribution < -0.4 is 5.73 Å². The molecule has 1 amide bonds. The third-order valence-corrected chi connectivity index (χ3v) is 2.09. The Morgan fingerprint density at radius 1 is 1.31 bits per heavy atom. The lowest BCUT2D eigenvalue weighted by Crippen LogP contribution is -2.05. The summed E-state index contributed by atoms with van der Waals surface area (Å²) in [5, 5.41) is 8.59. The van der Waals surface area contributed by atoms with E-state index in [9.17, 15) is 9.59 Å². The maximum absolute atomic E-state index is 10.6. The monoisotopic (exact) mass is 219 g/mol. The highest BCUT2D eigenvalue weighted by atomic mass is 16.4. The van der Waals surface area contributed by atoms with E-state index in [4.69, 9.17) is 10.8 Å². The van der Waals surface area contributed by atoms with Crippen LogP contribution in [0.15, 0.2) is 30.3 Å². The van der Waals surface area contributed by atoms with Crippen LogP contribution in [0.3, 0.4) is 0 Å². The van der Waals surface area contributed by atoms with Gasteiger partial charge in [0.15, 0.2) is 0 Å². The van der Waals surface area contributed by atoms with E-state index in [2.05, 4.69) is 0 Å². The Hall–Kier alpha value is -2.10. The minimum absolute atomic E-state index is 0.0709. The summed E-state index contributed by atoms with van der Waals surface area (Å²) in [5.74, 6) is -1.36. The molecule has 1 rings (SSSR count). The third kappa shape index (κ3) is 3.96. The molecule has 0 saturated carbocycles. The van der Waals surface area contributed by atoms with Gasteiger partial charge in [-0.3, -0.25) is 9.59 Å². The number of carboxylic acid groups (broad SMARTS) is 1. The van der Waals surface area contributed by atoms with Gasteiger partial charge >= 0.3 is 5.97 Å². The second kappa shape index (κ2) is 5.70. The lowest BCUT2D eigenvalue weighted by atomic mass is 10.0. The molecule has 0 aliphatic heterocycles. The highest BCUT2D eigenvalue weighted by Crippen LogP contribution is 2.12. The quantitative estimate of drug-likeness (QED) is 0.730. The summed E-state index contributed by atoms with van der Waals surface area (Å²) >= 11 is 0. The molecule has 0 fully saturated rings. The van der Waals surface area contributed by atoms with Crippen molar-refractivity contribution < 1.29 is 14.7 Å². The number of primary amides is 1. The zero-order chi connectivity index (χ0) is 12.0. The smallest absolute Gasteiger partial charge is 0.303 e. The van der Waals surface area contributed by atoms with Crippen molar-refractivity contribution in [3.05, 3.63) is 41.5 Å². The van der Waals surface area contributed by atoms with E-state index >= 15 is 0 Å². The van der Waals surface area contributed by atoms with Crippen LogP contribution in [0.1, 0.15) is 17.5 Å². The zero-order valence-electron chi connectivity index (χ0n) is 8.72. The third-order valence-electron chi connectivity index (χ3n) is 2.09. The van der Waals surface area contributed by atoms with Gasteiger partial charge in [0.25, 0.3) is 0 Å². The summed E-state index contributed by atoms with van der Waals surface area (Å²) in [6, 6.07) is 7.31. The predicted octanol–water partition coefficient (Wildman–Crippen LogP) is 1.20. The fourth-order valence-corrected chi connectivity index (χ4v) is 1.34. The summed E-state index contributed by atoms with van der Waals surface area (Å²) in [7, 11) is 0. The van der Waals surface area contributed by atoms with Crippen molar-refractivity contribution in [2.45, 2.75) is 12.8 Å². The van der Waals surface area contributed by atoms with E-state index in [1.54, 1.807) is 6.08 Å². The summed E-state index contributed by atoms with van der Waals surface area (Å²) in [6.45, 7) is 0. The molecule has 0 unspecified atom stereocenters. The Kier molecular flexibility index (Phi) is 4.27. The van der Waals surface area contributed by atoms with Gasteiger partial charge in [-0.05, 0) is 23.6 Å². The van der Waals surface area contributed by atoms with E-state index < -0.39 is 11.9 Å². The van der Waals surface area contributed by atoms with E-state index in [1.807, 2.05) is 24.3 Å². The number of hydrogen-bond acceptors (Lipinski definition) is 2. The van der Waals surface area contributed by atoms with Gasteiger partial charge in [-0.1, -0.05) is 24.3 Å². The summed E-state index contributed by atoms with van der Waals surface area (Å²) in [5.41, 5.74) is 6.71. The molecular weight excluding hydrogens is 206 g/mol. The van der Waals surface area contributed by atoms with E-state index in [-0.39, 0.29) is 6.42 Å². The van der Waals surface area contributed by atoms with Gasteiger partial charge in [0.1, 0.15) is 0 Å². The van der Waals surface area contributed by atoms with Crippen molar-refractivity contribution in [2.75, 3.05) is 0 Å². The number of benzene rings is 1. The molecule has 1 aromatic carbocycles. The van der Waals surface area contributed by atoms with Crippen LogP contribution in [0.25, 0.3) is 6.08 Å². The first-order valence-corrected chi connectivity index (χ1v) is 4.87. The first-order chi connectivity index (χ1) is 7.59. The average molecular weight is 219 g/mol. The van der Waals surface area contributed by atoms with Gasteiger partial charge in [0.05, 0.1) is 0 Å². The number of nitrogens with two attached hydrogens (primary N) is 1. The molecule has 3 N–H and O–H groups in total. The summed E-state index contributed by atoms with van der Waals surface area (Å²) in [6.07, 6.45) is 3.37. The van der Waals surface area contributed by atoms with Crippen LogP contribution in [0.5, 0.6) is 0 Å². The molecule has 0 aliphatic carbocycles. The fraction of sp³-hybridized carbons (Fsp3) is 0.167. The molecule has 0 radical (unpaired) electrons. The Morgan fingerprint density at radius 2 is 2.00 bits per heavy atom. The number of hydrogen-bond donors (Lipinski definition) is 2. The number of amides is 1. The van der Waals surface area contributed by atoms with Crippen molar-refractivity contribution in [1.82, 2.24) is 0 Å². The number of carboxylic acids is 1. The largest absolute Gasteiger partial charge is 0.481 e. The van der Waals surface area contributed by atoms with Gasteiger partial charge in [0, 0.05) is 12.5 Å². The lowest BCUT2D eigenvalue weighted by Gasteiger charge is -2.03. The van der Waals surface area contributed by atoms with Gasteiger partial charge < -0.3 is 10.8 Å². The molecule has 4 heteroatoms. The molecule has 0 aromatic heterocycles. The van der Waals surface area contributed by atoms with Crippen molar-refractivity contribution in [3.63, 3.8) is 0 Å². The van der Waals surface area contributed by atoms with Crippen LogP contribution in [0, 0.1) is 0 Å². The highest BCUT2D eigenvalue weighted by Gasteiger charge is 2.02. The Labute approximate surface area is 93.4 Å². The first-order valence-electron chi connectivity index (χ1n) is 4.87. The van der Waals surface area contributed by atoms with Crippen molar-refractivity contribution in [1.29, 1.82) is 0 Å². The molecule has 4 nitrogen and oxygen atoms in total. The number of rotatable bonds is 5. The number of aryl methyl sites for hydroxylation is 1. The van der Waals surface area contributed by atoms with Crippen LogP contribution in [-0.2, 0) is 16.0 Å². The lowest BCUT2D eigenvalue weighted by molar-refractivity contribution is -0.137. The predicted molar refractivity (Wildman–Crippen MR) is 60.6 cm³/mol. The Balaban J connectivity index is 2.83. The molecule has 0 aliphatic rings. The normalized spacial score (nSPS) is 10.5. The summed E-state index contributed by atoms with van der Waals surface area (Å²) in [4.78, 5) is 21.0. The van der Waals surface area contributed by atoms with Crippen molar-refractivity contribution in [2.24, 2.45) is 5.73 Å². The molecule has 84 valence electrons. The van der Waals surface area contributed by atoms with E-state index in [0.29, 0.717) is 6.42 Å². The zero-order valence-corrected chi connectivity index (χ0v) is 8.72. The van der Waals surface area contributed by atoms with Gasteiger partial charge in [-0.25, -0.2) is 0 Å². The van der Waals surface area contributed by atoms with Gasteiger partial charge in [-0.15, -0.1) is 0 Å². The molecule has 0 saturated heterocycles. The number of carbonyl (C=O) groups excluding carboxylic acids is 1. The number of aliphatic carboxylic acids is 1. The van der Waals surface area contributed by atoms with Crippen LogP contribution in [-0.4, -0.2) is 17.0 Å². The molecule has 0 atom stereocenters. The average Bonchev–Trinajstić information content (AvgIpc) is 2.24. The van der Waals surface area contributed by atoms with Gasteiger partial charge in [-0.2, -0.15) is 0 Å². The standard InChI is InChI=1S/C12H13NO3/c13-11(14)7-5-9-3-1-2-4-10(9)6-8-12(15)16/h1-5,7H,6,8H2,(H2,13,14)(H,15,16). The Morgan fingerprint density at radius 3 is 2.62 bits per heavy atom. The Bertz CT molecular complexity index is 424. The molecule has 0 heterocycles. The van der Waals surface area contributed by atoms with Crippen LogP contribution in [0.2, 0.25) is 0 Å². The van der Waals surface area contributed by atoms with Crippen molar-refractivity contribution in [3.8, 4) is 0 Å². The highest BCUT2D eigenvalue weighted by molar-refractivity contribution is 5.90. The van der Waals surface area contributed by atoms with E-state index in [0.717, 1.165) is 11.1 Å². The van der Waals surface area contributed by atoms with E-state index in [1.165, 1.54) is 6.08 Å². The minimum Gasteiger partial charge on any atom is -0.481 e. The van der Waals surface area contributed by atoms with Crippen LogP contribution >= 0.6 is 0 Å². The second-order valence-electron chi connectivity index (χ2n) is 3.33. The SMILES string of the molecule is NC(=O)C=Cc1ccccc1CCC(=O)O. The van der Waals surface area contributed by atoms with Crippen LogP contribution in [0.4, 0.5) is 0 Å². The molecule has 0 spiro atoms. The number of carbonyl (C=O) groups is 2. The first kappa shape index (κ1) is 12.0.